The van der Waals surface area contributed by atoms with Crippen molar-refractivity contribution in [3.05, 3.63) is 47.3 Å². The normalized spacial score (nSPS) is 21.5. The van der Waals surface area contributed by atoms with Gasteiger partial charge in [0.05, 0.1) is 18.4 Å². The molecule has 2 aliphatic heterocycles. The predicted molar refractivity (Wildman–Crippen MR) is 101 cm³/mol. The van der Waals surface area contributed by atoms with Gasteiger partial charge in [0, 0.05) is 43.4 Å². The molecule has 2 saturated heterocycles. The SMILES string of the molecule is N#Cc1cncc([C@]2(F)CCON2C(=O)C2CCN(c3ncc(F)c(C#N)n3)CC2)c1. The number of carbonyl (C=O) groups is 1. The highest BCUT2D eigenvalue weighted by atomic mass is 19.1. The molecule has 2 aromatic rings. The summed E-state index contributed by atoms with van der Waals surface area (Å²) in [7, 11) is 0. The minimum atomic E-state index is -2.20. The van der Waals surface area contributed by atoms with Gasteiger partial charge in [-0.3, -0.25) is 14.6 Å². The highest BCUT2D eigenvalue weighted by Crippen LogP contribution is 2.40. The molecule has 0 bridgehead atoms. The number of hydrogen-bond donors (Lipinski definition) is 0. The third kappa shape index (κ3) is 3.76. The van der Waals surface area contributed by atoms with Crippen molar-refractivity contribution in [2.45, 2.75) is 25.1 Å². The van der Waals surface area contributed by atoms with Crippen LogP contribution in [0.5, 0.6) is 0 Å². The number of alkyl halides is 1. The van der Waals surface area contributed by atoms with Crippen LogP contribution in [0.2, 0.25) is 0 Å². The van der Waals surface area contributed by atoms with Gasteiger partial charge in [-0.2, -0.15) is 20.6 Å². The molecule has 1 amide bonds. The second-order valence-corrected chi connectivity index (χ2v) is 7.29. The molecule has 0 N–H and O–H groups in total. The number of amides is 1. The molecule has 0 aromatic carbocycles. The summed E-state index contributed by atoms with van der Waals surface area (Å²) in [5.41, 5.74) is -0.0548. The van der Waals surface area contributed by atoms with Crippen LogP contribution >= 0.6 is 0 Å². The summed E-state index contributed by atoms with van der Waals surface area (Å²) >= 11 is 0. The first kappa shape index (κ1) is 20.6. The van der Waals surface area contributed by atoms with Crippen molar-refractivity contribution >= 4 is 11.9 Å². The number of anilines is 1. The van der Waals surface area contributed by atoms with E-state index >= 15 is 4.39 Å². The number of nitrogens with zero attached hydrogens (tertiary/aromatic N) is 7. The van der Waals surface area contributed by atoms with Crippen LogP contribution in [0.3, 0.4) is 0 Å². The van der Waals surface area contributed by atoms with Crippen molar-refractivity contribution in [2.24, 2.45) is 5.92 Å². The van der Waals surface area contributed by atoms with Crippen molar-refractivity contribution in [2.75, 3.05) is 24.6 Å². The number of hydroxylamine groups is 2. The quantitative estimate of drug-likeness (QED) is 0.685. The van der Waals surface area contributed by atoms with Gasteiger partial charge in [-0.1, -0.05) is 0 Å². The first-order valence-corrected chi connectivity index (χ1v) is 9.65. The van der Waals surface area contributed by atoms with Gasteiger partial charge < -0.3 is 4.90 Å². The van der Waals surface area contributed by atoms with Crippen molar-refractivity contribution in [3.8, 4) is 12.1 Å². The topological polar surface area (TPSA) is 119 Å². The Kier molecular flexibility index (Phi) is 5.44. The molecule has 0 aliphatic carbocycles. The van der Waals surface area contributed by atoms with E-state index in [1.54, 1.807) is 11.0 Å². The van der Waals surface area contributed by atoms with Crippen LogP contribution < -0.4 is 4.90 Å². The molecular formula is C20H17F2N7O2. The van der Waals surface area contributed by atoms with E-state index in [2.05, 4.69) is 15.0 Å². The molecule has 1 atom stereocenters. The summed E-state index contributed by atoms with van der Waals surface area (Å²) < 4.78 is 29.3. The molecule has 2 fully saturated rings. The van der Waals surface area contributed by atoms with E-state index in [1.165, 1.54) is 18.5 Å². The van der Waals surface area contributed by atoms with Gasteiger partial charge in [0.15, 0.2) is 11.5 Å². The number of nitriles is 2. The highest BCUT2D eigenvalue weighted by Gasteiger charge is 2.49. The van der Waals surface area contributed by atoms with Crippen LogP contribution in [0.15, 0.2) is 24.7 Å². The molecule has 4 heterocycles. The number of rotatable bonds is 3. The lowest BCUT2D eigenvalue weighted by molar-refractivity contribution is -0.218. The Morgan fingerprint density at radius 2 is 2.00 bits per heavy atom. The number of piperidine rings is 1. The van der Waals surface area contributed by atoms with Gasteiger partial charge in [0.25, 0.3) is 5.91 Å². The largest absolute Gasteiger partial charge is 0.341 e. The van der Waals surface area contributed by atoms with Gasteiger partial charge in [-0.15, -0.1) is 0 Å². The van der Waals surface area contributed by atoms with Gasteiger partial charge in [-0.05, 0) is 18.9 Å². The molecule has 158 valence electrons. The van der Waals surface area contributed by atoms with Crippen molar-refractivity contribution < 1.29 is 18.4 Å². The lowest BCUT2D eigenvalue weighted by Crippen LogP contribution is -2.47. The Balaban J connectivity index is 1.47. The molecular weight excluding hydrogens is 408 g/mol. The first-order chi connectivity index (χ1) is 15.0. The Hall–Kier alpha value is -3.70. The maximum atomic E-state index is 15.8. The lowest BCUT2D eigenvalue weighted by Gasteiger charge is -2.35. The molecule has 4 rings (SSSR count). The Morgan fingerprint density at radius 1 is 1.23 bits per heavy atom. The smallest absolute Gasteiger partial charge is 0.252 e. The van der Waals surface area contributed by atoms with Crippen LogP contribution in [-0.2, 0) is 15.4 Å². The van der Waals surface area contributed by atoms with Crippen LogP contribution in [0.4, 0.5) is 14.7 Å². The maximum Gasteiger partial charge on any atom is 0.252 e. The molecule has 0 radical (unpaired) electrons. The predicted octanol–water partition coefficient (Wildman–Crippen LogP) is 1.96. The van der Waals surface area contributed by atoms with Crippen LogP contribution in [0, 0.1) is 34.4 Å². The van der Waals surface area contributed by atoms with Gasteiger partial charge in [-0.25, -0.2) is 13.8 Å². The molecule has 11 heteroatoms. The first-order valence-electron chi connectivity index (χ1n) is 9.65. The second kappa shape index (κ2) is 8.20. The maximum absolute atomic E-state index is 15.8. The zero-order valence-electron chi connectivity index (χ0n) is 16.3. The van der Waals surface area contributed by atoms with E-state index in [9.17, 15) is 9.18 Å². The standard InChI is InChI=1S/C20H17F2N7O2/c21-16-12-26-19(27-17(16)9-24)28-4-1-14(2-5-28)18(30)29-20(22,3-6-31-29)15-7-13(8-23)10-25-11-15/h7,10-12,14H,1-6H2/t20-/m0/s1. The number of carbonyl (C=O) groups excluding carboxylic acids is 1. The molecule has 2 aliphatic rings. The number of aromatic nitrogens is 3. The number of hydrogen-bond acceptors (Lipinski definition) is 8. The Bertz CT molecular complexity index is 1090. The van der Waals surface area contributed by atoms with Crippen molar-refractivity contribution in [1.82, 2.24) is 20.0 Å². The van der Waals surface area contributed by atoms with Crippen molar-refractivity contribution in [3.63, 3.8) is 0 Å². The fraction of sp³-hybridized carbons (Fsp3) is 0.400. The third-order valence-electron chi connectivity index (χ3n) is 5.45. The van der Waals surface area contributed by atoms with Crippen LogP contribution in [0.1, 0.15) is 36.1 Å². The summed E-state index contributed by atoms with van der Waals surface area (Å²) in [6.45, 7) is 0.787. The average Bonchev–Trinajstić information content (AvgIpc) is 3.22. The highest BCUT2D eigenvalue weighted by molar-refractivity contribution is 5.79. The van der Waals surface area contributed by atoms with Gasteiger partial charge in [0.2, 0.25) is 11.7 Å². The van der Waals surface area contributed by atoms with Crippen molar-refractivity contribution in [1.29, 1.82) is 10.5 Å². The fourth-order valence-electron chi connectivity index (χ4n) is 3.77. The van der Waals surface area contributed by atoms with Gasteiger partial charge >= 0.3 is 0 Å². The molecule has 2 aromatic heterocycles. The van der Waals surface area contributed by atoms with E-state index in [1.807, 2.05) is 6.07 Å². The van der Waals surface area contributed by atoms with Gasteiger partial charge in [0.1, 0.15) is 12.1 Å². The minimum Gasteiger partial charge on any atom is -0.341 e. The second-order valence-electron chi connectivity index (χ2n) is 7.29. The van der Waals surface area contributed by atoms with Crippen LogP contribution in [-0.4, -0.2) is 45.6 Å². The molecule has 31 heavy (non-hydrogen) atoms. The lowest BCUT2D eigenvalue weighted by atomic mass is 9.94. The summed E-state index contributed by atoms with van der Waals surface area (Å²) in [6.07, 6.45) is 4.25. The number of pyridine rings is 1. The zero-order chi connectivity index (χ0) is 22.0. The molecule has 0 unspecified atom stereocenters. The van der Waals surface area contributed by atoms with E-state index in [-0.39, 0.29) is 35.8 Å². The van der Waals surface area contributed by atoms with E-state index in [0.717, 1.165) is 11.3 Å². The Labute approximate surface area is 176 Å². The molecule has 0 spiro atoms. The zero-order valence-corrected chi connectivity index (χ0v) is 16.3. The monoisotopic (exact) mass is 425 g/mol. The summed E-state index contributed by atoms with van der Waals surface area (Å²) in [5.74, 6) is -3.76. The Morgan fingerprint density at radius 3 is 2.71 bits per heavy atom. The molecule has 9 nitrogen and oxygen atoms in total. The fourth-order valence-corrected chi connectivity index (χ4v) is 3.77. The summed E-state index contributed by atoms with van der Waals surface area (Å²) in [6, 6.07) is 4.95. The number of halogens is 2. The molecule has 0 saturated carbocycles. The summed E-state index contributed by atoms with van der Waals surface area (Å²) in [4.78, 5) is 31.9. The summed E-state index contributed by atoms with van der Waals surface area (Å²) in [5, 5.41) is 18.8. The minimum absolute atomic E-state index is 0.0260. The van der Waals surface area contributed by atoms with E-state index in [4.69, 9.17) is 15.4 Å². The van der Waals surface area contributed by atoms with E-state index < -0.39 is 23.4 Å². The van der Waals surface area contributed by atoms with Crippen LogP contribution in [0.25, 0.3) is 0 Å². The van der Waals surface area contributed by atoms with E-state index in [0.29, 0.717) is 25.9 Å². The third-order valence-corrected chi connectivity index (χ3v) is 5.45. The average molecular weight is 425 g/mol.